The van der Waals surface area contributed by atoms with Crippen molar-refractivity contribution in [3.63, 3.8) is 0 Å². The van der Waals surface area contributed by atoms with Crippen molar-refractivity contribution in [1.82, 2.24) is 0 Å². The number of ether oxygens (including phenoxy) is 1. The molecule has 5 nitrogen and oxygen atoms in total. The highest BCUT2D eigenvalue weighted by atomic mass is 79.9. The molecular weight excluding hydrogens is 232 g/mol. The number of rotatable bonds is 1. The quantitative estimate of drug-likeness (QED) is 0.407. The van der Waals surface area contributed by atoms with E-state index in [4.69, 9.17) is 14.9 Å². The first kappa shape index (κ1) is 10.4. The Morgan fingerprint density at radius 3 is 2.17 bits per heavy atom. The minimum atomic E-state index is -1.29. The van der Waals surface area contributed by atoms with Crippen LogP contribution in [0.25, 0.3) is 0 Å². The van der Waals surface area contributed by atoms with Gasteiger partial charge in [-0.15, -0.1) is 0 Å². The number of hydrogen-bond acceptors (Lipinski definition) is 5. The third kappa shape index (κ3) is 1.78. The molecule has 1 heterocycles. The van der Waals surface area contributed by atoms with Gasteiger partial charge >= 0.3 is 0 Å². The van der Waals surface area contributed by atoms with Crippen LogP contribution < -0.4 is 0 Å². The molecule has 0 amide bonds. The zero-order valence-corrected chi connectivity index (χ0v) is 7.75. The van der Waals surface area contributed by atoms with E-state index in [2.05, 4.69) is 15.9 Å². The SMILES string of the molecule is OCC1OC(Br)[C@H](O)[C@H](O)[C@@H]1O. The third-order valence-electron chi connectivity index (χ3n) is 1.83. The zero-order chi connectivity index (χ0) is 9.30. The molecule has 0 aromatic carbocycles. The lowest BCUT2D eigenvalue weighted by Crippen LogP contribution is -2.56. The first-order chi connectivity index (χ1) is 5.57. The van der Waals surface area contributed by atoms with E-state index in [1.165, 1.54) is 0 Å². The van der Waals surface area contributed by atoms with Crippen LogP contribution in [0.2, 0.25) is 0 Å². The van der Waals surface area contributed by atoms with Gasteiger partial charge in [-0.25, -0.2) is 0 Å². The topological polar surface area (TPSA) is 90.2 Å². The lowest BCUT2D eigenvalue weighted by molar-refractivity contribution is -0.203. The van der Waals surface area contributed by atoms with Crippen LogP contribution in [0.4, 0.5) is 0 Å². The molecule has 0 saturated carbocycles. The second-order valence-electron chi connectivity index (χ2n) is 2.68. The Hall–Kier alpha value is 0.280. The van der Waals surface area contributed by atoms with E-state index in [0.717, 1.165) is 0 Å². The maximum absolute atomic E-state index is 9.21. The van der Waals surface area contributed by atoms with Crippen LogP contribution in [0.1, 0.15) is 0 Å². The Balaban J connectivity index is 2.63. The number of alkyl halides is 1. The van der Waals surface area contributed by atoms with Crippen LogP contribution in [0.5, 0.6) is 0 Å². The Labute approximate surface area is 77.7 Å². The molecule has 12 heavy (non-hydrogen) atoms. The summed E-state index contributed by atoms with van der Waals surface area (Å²) < 4.78 is 4.94. The molecule has 6 heteroatoms. The van der Waals surface area contributed by atoms with Crippen molar-refractivity contribution in [2.45, 2.75) is 29.4 Å². The number of hydrogen-bond donors (Lipinski definition) is 4. The Bertz CT molecular complexity index is 150. The maximum Gasteiger partial charge on any atom is 0.141 e. The van der Waals surface area contributed by atoms with Gasteiger partial charge < -0.3 is 25.2 Å². The Morgan fingerprint density at radius 1 is 1.08 bits per heavy atom. The van der Waals surface area contributed by atoms with E-state index in [0.29, 0.717) is 0 Å². The average molecular weight is 243 g/mol. The minimum Gasteiger partial charge on any atom is -0.394 e. The van der Waals surface area contributed by atoms with Gasteiger partial charge in [0.25, 0.3) is 0 Å². The van der Waals surface area contributed by atoms with Gasteiger partial charge in [-0.3, -0.25) is 0 Å². The molecule has 0 aliphatic carbocycles. The molecule has 4 N–H and O–H groups in total. The fourth-order valence-corrected chi connectivity index (χ4v) is 1.65. The highest BCUT2D eigenvalue weighted by Crippen LogP contribution is 2.24. The molecule has 0 bridgehead atoms. The smallest absolute Gasteiger partial charge is 0.141 e. The predicted molar refractivity (Wildman–Crippen MR) is 42.7 cm³/mol. The van der Waals surface area contributed by atoms with E-state index in [9.17, 15) is 10.2 Å². The van der Waals surface area contributed by atoms with E-state index in [1.807, 2.05) is 0 Å². The monoisotopic (exact) mass is 242 g/mol. The summed E-state index contributed by atoms with van der Waals surface area (Å²) in [7, 11) is 0. The van der Waals surface area contributed by atoms with Gasteiger partial charge in [0, 0.05) is 0 Å². The molecule has 1 fully saturated rings. The molecule has 1 aliphatic rings. The summed E-state index contributed by atoms with van der Waals surface area (Å²) in [4.78, 5) is 0. The van der Waals surface area contributed by atoms with Crippen molar-refractivity contribution in [2.24, 2.45) is 0 Å². The lowest BCUT2D eigenvalue weighted by Gasteiger charge is -2.37. The van der Waals surface area contributed by atoms with Crippen molar-refractivity contribution in [3.8, 4) is 0 Å². The van der Waals surface area contributed by atoms with Gasteiger partial charge in [0.1, 0.15) is 29.4 Å². The first-order valence-electron chi connectivity index (χ1n) is 3.52. The van der Waals surface area contributed by atoms with Gasteiger partial charge in [0.15, 0.2) is 0 Å². The number of aliphatic hydroxyl groups excluding tert-OH is 4. The van der Waals surface area contributed by atoms with Gasteiger partial charge in [0.2, 0.25) is 0 Å². The molecule has 72 valence electrons. The van der Waals surface area contributed by atoms with E-state index < -0.39 is 36.0 Å². The molecular formula is C6H11BrO5. The fourth-order valence-electron chi connectivity index (χ4n) is 1.06. The van der Waals surface area contributed by atoms with Crippen molar-refractivity contribution in [1.29, 1.82) is 0 Å². The van der Waals surface area contributed by atoms with Crippen LogP contribution >= 0.6 is 15.9 Å². The minimum absolute atomic E-state index is 0.396. The summed E-state index contributed by atoms with van der Waals surface area (Å²) in [6.07, 6.45) is -4.57. The zero-order valence-electron chi connectivity index (χ0n) is 6.17. The van der Waals surface area contributed by atoms with Crippen molar-refractivity contribution >= 4 is 15.9 Å². The highest BCUT2D eigenvalue weighted by molar-refractivity contribution is 9.09. The Morgan fingerprint density at radius 2 is 1.67 bits per heavy atom. The summed E-state index contributed by atoms with van der Waals surface area (Å²) in [5.41, 5.74) is 0. The van der Waals surface area contributed by atoms with E-state index >= 15 is 0 Å². The third-order valence-corrected chi connectivity index (χ3v) is 2.59. The molecule has 1 saturated heterocycles. The highest BCUT2D eigenvalue weighted by Gasteiger charge is 2.42. The molecule has 2 unspecified atom stereocenters. The van der Waals surface area contributed by atoms with Crippen molar-refractivity contribution in [3.05, 3.63) is 0 Å². The number of aliphatic hydroxyl groups is 4. The van der Waals surface area contributed by atoms with Crippen molar-refractivity contribution < 1.29 is 25.2 Å². The maximum atomic E-state index is 9.21. The van der Waals surface area contributed by atoms with Crippen LogP contribution in [0.15, 0.2) is 0 Å². The molecule has 0 radical (unpaired) electrons. The van der Waals surface area contributed by atoms with Crippen LogP contribution in [0.3, 0.4) is 0 Å². The van der Waals surface area contributed by atoms with Crippen LogP contribution in [0, 0.1) is 0 Å². The standard InChI is InChI=1S/C6H11BrO5/c7-6-5(11)4(10)3(9)2(1-8)12-6/h2-6,8-11H,1H2/t2?,3-,4-,5-,6?/m1/s1. The van der Waals surface area contributed by atoms with Gasteiger partial charge in [0.05, 0.1) is 6.61 Å². The summed E-state index contributed by atoms with van der Waals surface area (Å²) in [6.45, 7) is -0.396. The second-order valence-corrected chi connectivity index (χ2v) is 3.58. The fraction of sp³-hybridized carbons (Fsp3) is 1.00. The van der Waals surface area contributed by atoms with Gasteiger partial charge in [-0.1, -0.05) is 15.9 Å². The average Bonchev–Trinajstić information content (AvgIpc) is 2.08. The van der Waals surface area contributed by atoms with Crippen molar-refractivity contribution in [2.75, 3.05) is 6.61 Å². The Kier molecular flexibility index (Phi) is 3.45. The summed E-state index contributed by atoms with van der Waals surface area (Å²) >= 11 is 2.95. The second kappa shape index (κ2) is 3.99. The number of halogens is 1. The lowest BCUT2D eigenvalue weighted by atomic mass is 10.0. The molecule has 0 spiro atoms. The van der Waals surface area contributed by atoms with Crippen LogP contribution in [-0.4, -0.2) is 56.5 Å². The van der Waals surface area contributed by atoms with E-state index in [1.54, 1.807) is 0 Å². The molecule has 1 aliphatic heterocycles. The molecule has 0 aromatic rings. The summed E-state index contributed by atoms with van der Waals surface area (Å²) in [5.74, 6) is 0. The van der Waals surface area contributed by atoms with Crippen LogP contribution in [-0.2, 0) is 4.74 Å². The normalized spacial score (nSPS) is 49.2. The molecule has 0 aromatic heterocycles. The predicted octanol–water partition coefficient (Wildman–Crippen LogP) is -1.82. The van der Waals surface area contributed by atoms with Gasteiger partial charge in [-0.2, -0.15) is 0 Å². The first-order valence-corrected chi connectivity index (χ1v) is 4.44. The molecule has 5 atom stereocenters. The molecule has 1 rings (SSSR count). The summed E-state index contributed by atoms with van der Waals surface area (Å²) in [5, 5.41) is 35.5. The largest absolute Gasteiger partial charge is 0.394 e. The summed E-state index contributed by atoms with van der Waals surface area (Å²) in [6, 6.07) is 0. The van der Waals surface area contributed by atoms with E-state index in [-0.39, 0.29) is 0 Å². The van der Waals surface area contributed by atoms with Gasteiger partial charge in [-0.05, 0) is 0 Å².